The van der Waals surface area contributed by atoms with Crippen molar-refractivity contribution >= 4 is 11.6 Å². The quantitative estimate of drug-likeness (QED) is 0.715. The number of nitrogens with two attached hydrogens (primary N) is 1. The number of carbonyl (C=O) groups is 1. The van der Waals surface area contributed by atoms with Crippen LogP contribution in [0.3, 0.4) is 0 Å². The predicted octanol–water partition coefficient (Wildman–Crippen LogP) is 3.27. The second kappa shape index (κ2) is 8.14. The van der Waals surface area contributed by atoms with E-state index in [1.54, 1.807) is 29.4 Å². The number of carbonyl (C=O) groups excluding carboxylic acids is 1. The van der Waals surface area contributed by atoms with Crippen LogP contribution < -0.4 is 5.73 Å². The van der Waals surface area contributed by atoms with Gasteiger partial charge in [-0.2, -0.15) is 0 Å². The van der Waals surface area contributed by atoms with Crippen LogP contribution in [0.25, 0.3) is 11.3 Å². The third kappa shape index (κ3) is 4.12. The topological polar surface area (TPSA) is 85.0 Å². The summed E-state index contributed by atoms with van der Waals surface area (Å²) in [7, 11) is 0. The van der Waals surface area contributed by atoms with E-state index in [-0.39, 0.29) is 23.8 Å². The molecule has 1 aliphatic rings. The molecule has 1 atom stereocenters. The van der Waals surface area contributed by atoms with Crippen LogP contribution in [0.5, 0.6) is 0 Å². The largest absolute Gasteiger partial charge is 0.397 e. The molecule has 3 heterocycles. The summed E-state index contributed by atoms with van der Waals surface area (Å²) in [6, 6.07) is 6.43. The molecule has 0 saturated carbocycles. The first-order chi connectivity index (χ1) is 14.4. The number of aryl methyl sites for hydroxylation is 1. The van der Waals surface area contributed by atoms with E-state index in [0.29, 0.717) is 30.2 Å². The van der Waals surface area contributed by atoms with Crippen LogP contribution in [-0.2, 0) is 11.2 Å². The smallest absolute Gasteiger partial charge is 0.228 e. The predicted molar refractivity (Wildman–Crippen MR) is 108 cm³/mol. The van der Waals surface area contributed by atoms with Crippen LogP contribution in [0, 0.1) is 18.6 Å². The number of amides is 1. The Morgan fingerprint density at radius 1 is 1.20 bits per heavy atom. The zero-order chi connectivity index (χ0) is 21.3. The van der Waals surface area contributed by atoms with Crippen molar-refractivity contribution in [2.45, 2.75) is 25.7 Å². The molecule has 2 N–H and O–H groups in total. The number of hydrogen-bond acceptors (Lipinski definition) is 5. The van der Waals surface area contributed by atoms with Gasteiger partial charge in [0, 0.05) is 43.0 Å². The van der Waals surface area contributed by atoms with Crippen molar-refractivity contribution in [3.8, 4) is 11.3 Å². The van der Waals surface area contributed by atoms with E-state index < -0.39 is 11.6 Å². The number of anilines is 1. The van der Waals surface area contributed by atoms with Crippen molar-refractivity contribution < 1.29 is 13.6 Å². The van der Waals surface area contributed by atoms with E-state index in [2.05, 4.69) is 15.0 Å². The van der Waals surface area contributed by atoms with Crippen LogP contribution in [0.1, 0.15) is 29.4 Å². The van der Waals surface area contributed by atoms with Crippen molar-refractivity contribution in [3.63, 3.8) is 0 Å². The highest BCUT2D eigenvalue weighted by molar-refractivity contribution is 5.80. The average Bonchev–Trinajstić information content (AvgIpc) is 3.21. The number of nitrogens with zero attached hydrogens (tertiary/aromatic N) is 4. The minimum atomic E-state index is -0.717. The lowest BCUT2D eigenvalue weighted by Crippen LogP contribution is -2.30. The van der Waals surface area contributed by atoms with Gasteiger partial charge in [0.05, 0.1) is 34.9 Å². The monoisotopic (exact) mass is 409 g/mol. The standard InChI is InChI=1S/C22H21F2N5O/c1-13-10-27-21(11-26-13)14-6-7-29(12-14)22(30)9-20-18(25)4-5-19(28-20)16-3-2-15(23)8-17(16)24/h2-5,8,10-11,14H,6-7,9,12,25H2,1H3. The molecule has 154 valence electrons. The van der Waals surface area contributed by atoms with E-state index in [0.717, 1.165) is 23.9 Å². The fraction of sp³-hybridized carbons (Fsp3) is 0.273. The highest BCUT2D eigenvalue weighted by Gasteiger charge is 2.29. The van der Waals surface area contributed by atoms with E-state index >= 15 is 0 Å². The van der Waals surface area contributed by atoms with Crippen LogP contribution in [-0.4, -0.2) is 38.8 Å². The Balaban J connectivity index is 1.49. The van der Waals surface area contributed by atoms with Gasteiger partial charge in [-0.15, -0.1) is 0 Å². The number of hydrogen-bond donors (Lipinski definition) is 1. The molecule has 6 nitrogen and oxygen atoms in total. The average molecular weight is 409 g/mol. The molecule has 0 bridgehead atoms. The molecule has 1 aromatic carbocycles. The van der Waals surface area contributed by atoms with E-state index in [4.69, 9.17) is 5.73 Å². The highest BCUT2D eigenvalue weighted by Crippen LogP contribution is 2.27. The van der Waals surface area contributed by atoms with Gasteiger partial charge in [0.1, 0.15) is 11.6 Å². The zero-order valence-electron chi connectivity index (χ0n) is 16.5. The zero-order valence-corrected chi connectivity index (χ0v) is 16.5. The molecule has 1 amide bonds. The van der Waals surface area contributed by atoms with Gasteiger partial charge in [0.15, 0.2) is 0 Å². The Bertz CT molecular complexity index is 1090. The van der Waals surface area contributed by atoms with Crippen LogP contribution in [0.2, 0.25) is 0 Å². The Morgan fingerprint density at radius 2 is 2.03 bits per heavy atom. The van der Waals surface area contributed by atoms with Crippen molar-refractivity contribution in [1.82, 2.24) is 19.9 Å². The van der Waals surface area contributed by atoms with Gasteiger partial charge in [-0.05, 0) is 37.6 Å². The van der Waals surface area contributed by atoms with Crippen molar-refractivity contribution in [3.05, 3.63) is 71.4 Å². The lowest BCUT2D eigenvalue weighted by Gasteiger charge is -2.17. The molecule has 1 unspecified atom stereocenters. The van der Waals surface area contributed by atoms with E-state index in [9.17, 15) is 13.6 Å². The van der Waals surface area contributed by atoms with Crippen LogP contribution in [0.15, 0.2) is 42.7 Å². The highest BCUT2D eigenvalue weighted by atomic mass is 19.1. The summed E-state index contributed by atoms with van der Waals surface area (Å²) in [5.74, 6) is -1.34. The van der Waals surface area contributed by atoms with Gasteiger partial charge in [0.25, 0.3) is 0 Å². The fourth-order valence-electron chi connectivity index (χ4n) is 3.60. The molecule has 8 heteroatoms. The van der Waals surface area contributed by atoms with Crippen molar-refractivity contribution in [2.24, 2.45) is 0 Å². The summed E-state index contributed by atoms with van der Waals surface area (Å²) in [4.78, 5) is 27.7. The minimum Gasteiger partial charge on any atom is -0.397 e. The normalized spacial score (nSPS) is 16.1. The second-order valence-corrected chi connectivity index (χ2v) is 7.44. The lowest BCUT2D eigenvalue weighted by atomic mass is 10.1. The summed E-state index contributed by atoms with van der Waals surface area (Å²) in [6.45, 7) is 3.05. The number of aromatic nitrogens is 3. The molecule has 2 aromatic heterocycles. The summed E-state index contributed by atoms with van der Waals surface area (Å²) >= 11 is 0. The number of halogens is 2. The molecule has 1 saturated heterocycles. The summed E-state index contributed by atoms with van der Waals surface area (Å²) < 4.78 is 27.3. The maximum absolute atomic E-state index is 14.1. The lowest BCUT2D eigenvalue weighted by molar-refractivity contribution is -0.129. The van der Waals surface area contributed by atoms with Gasteiger partial charge in [-0.25, -0.2) is 8.78 Å². The summed E-state index contributed by atoms with van der Waals surface area (Å²) in [5, 5.41) is 0. The molecule has 0 spiro atoms. The first-order valence-corrected chi connectivity index (χ1v) is 9.68. The molecular formula is C22H21F2N5O. The summed E-state index contributed by atoms with van der Waals surface area (Å²) in [6.07, 6.45) is 4.31. The molecule has 1 fully saturated rings. The first-order valence-electron chi connectivity index (χ1n) is 9.68. The van der Waals surface area contributed by atoms with Gasteiger partial charge in [0.2, 0.25) is 5.91 Å². The van der Waals surface area contributed by atoms with Crippen LogP contribution in [0.4, 0.5) is 14.5 Å². The molecule has 30 heavy (non-hydrogen) atoms. The Labute approximate surface area is 172 Å². The molecule has 4 rings (SSSR count). The van der Waals surface area contributed by atoms with Gasteiger partial charge in [-0.1, -0.05) is 0 Å². The molecule has 0 aliphatic carbocycles. The van der Waals surface area contributed by atoms with Gasteiger partial charge < -0.3 is 10.6 Å². The van der Waals surface area contributed by atoms with Crippen molar-refractivity contribution in [1.29, 1.82) is 0 Å². The molecule has 1 aliphatic heterocycles. The third-order valence-electron chi connectivity index (χ3n) is 5.30. The van der Waals surface area contributed by atoms with E-state index in [1.807, 2.05) is 6.92 Å². The molecule has 0 radical (unpaired) electrons. The maximum atomic E-state index is 14.1. The number of likely N-dealkylation sites (tertiary alicyclic amines) is 1. The first kappa shape index (κ1) is 19.9. The maximum Gasteiger partial charge on any atom is 0.228 e. The van der Waals surface area contributed by atoms with E-state index in [1.165, 1.54) is 12.1 Å². The second-order valence-electron chi connectivity index (χ2n) is 7.44. The minimum absolute atomic E-state index is 0.00871. The SMILES string of the molecule is Cc1cnc(C2CCN(C(=O)Cc3nc(-c4ccc(F)cc4F)ccc3N)C2)cn1. The van der Waals surface area contributed by atoms with Gasteiger partial charge in [-0.3, -0.25) is 19.7 Å². The fourth-order valence-corrected chi connectivity index (χ4v) is 3.60. The third-order valence-corrected chi connectivity index (χ3v) is 5.30. The Morgan fingerprint density at radius 3 is 2.77 bits per heavy atom. The number of pyridine rings is 1. The Kier molecular flexibility index (Phi) is 5.39. The Hall–Kier alpha value is -3.42. The van der Waals surface area contributed by atoms with Crippen LogP contribution >= 0.6 is 0 Å². The summed E-state index contributed by atoms with van der Waals surface area (Å²) in [5.41, 5.74) is 8.92. The molecular weight excluding hydrogens is 388 g/mol. The molecule has 3 aromatic rings. The van der Waals surface area contributed by atoms with Gasteiger partial charge >= 0.3 is 0 Å². The number of nitrogen functional groups attached to an aromatic ring is 1. The number of benzene rings is 1. The number of rotatable bonds is 4. The van der Waals surface area contributed by atoms with Crippen molar-refractivity contribution in [2.75, 3.05) is 18.8 Å².